The number of aliphatic hydroxyl groups is 2. The van der Waals surface area contributed by atoms with Gasteiger partial charge in [-0.1, -0.05) is 0 Å². The van der Waals surface area contributed by atoms with Crippen LogP contribution in [0.3, 0.4) is 0 Å². The minimum atomic E-state index is -1.65. The van der Waals surface area contributed by atoms with Gasteiger partial charge in [-0.2, -0.15) is 0 Å². The summed E-state index contributed by atoms with van der Waals surface area (Å²) in [6.07, 6.45) is -0.982. The average Bonchev–Trinajstić information content (AvgIpc) is 2.40. The Morgan fingerprint density at radius 1 is 1.14 bits per heavy atom. The van der Waals surface area contributed by atoms with E-state index in [9.17, 15) is 14.4 Å². The molecular weight excluding hydrogens is 282 g/mol. The lowest BCUT2D eigenvalue weighted by atomic mass is 10.1. The van der Waals surface area contributed by atoms with Crippen molar-refractivity contribution in [3.63, 3.8) is 0 Å². The number of carboxylic acid groups (broad SMARTS) is 1. The number of aliphatic hydroxyl groups excluding tert-OH is 1. The molecule has 0 radical (unpaired) electrons. The zero-order chi connectivity index (χ0) is 16.4. The minimum Gasteiger partial charge on any atom is -0.480 e. The molecule has 0 aromatic carbocycles. The van der Waals surface area contributed by atoms with Crippen LogP contribution in [-0.4, -0.2) is 58.0 Å². The van der Waals surface area contributed by atoms with Gasteiger partial charge in [-0.25, -0.2) is 0 Å². The van der Waals surface area contributed by atoms with Crippen LogP contribution in [-0.2, 0) is 14.4 Å². The molecule has 0 spiro atoms. The van der Waals surface area contributed by atoms with Crippen LogP contribution in [0.25, 0.3) is 0 Å². The number of rotatable bonds is 10. The molecule has 2 amide bonds. The van der Waals surface area contributed by atoms with Crippen molar-refractivity contribution in [2.45, 2.75) is 51.0 Å². The average molecular weight is 305 g/mol. The van der Waals surface area contributed by atoms with E-state index in [0.717, 1.165) is 0 Å². The summed E-state index contributed by atoms with van der Waals surface area (Å²) in [5, 5.41) is 30.9. The van der Waals surface area contributed by atoms with Gasteiger partial charge in [0.15, 0.2) is 6.29 Å². The summed E-state index contributed by atoms with van der Waals surface area (Å²) in [5.41, 5.74) is 5.35. The Kier molecular flexibility index (Phi) is 9.26. The molecule has 122 valence electrons. The van der Waals surface area contributed by atoms with Gasteiger partial charge in [-0.3, -0.25) is 14.4 Å². The van der Waals surface area contributed by atoms with E-state index in [2.05, 4.69) is 10.6 Å². The number of carbonyl (C=O) groups excluding carboxylic acids is 2. The number of hydrogen-bond acceptors (Lipinski definition) is 6. The van der Waals surface area contributed by atoms with Gasteiger partial charge in [0.25, 0.3) is 0 Å². The predicted molar refractivity (Wildman–Crippen MR) is 72.9 cm³/mol. The summed E-state index contributed by atoms with van der Waals surface area (Å²) in [6, 6.07) is -1.82. The summed E-state index contributed by atoms with van der Waals surface area (Å²) >= 11 is 0. The second-order valence-corrected chi connectivity index (χ2v) is 4.70. The maximum Gasteiger partial charge on any atom is 0.325 e. The number of nitrogens with two attached hydrogens (primary N) is 1. The molecule has 0 aliphatic heterocycles. The zero-order valence-electron chi connectivity index (χ0n) is 11.9. The topological polar surface area (TPSA) is 162 Å². The Labute approximate surface area is 122 Å². The van der Waals surface area contributed by atoms with E-state index >= 15 is 0 Å². The monoisotopic (exact) mass is 305 g/mol. The molecule has 0 saturated carbocycles. The molecular formula is C12H23N3O6. The highest BCUT2D eigenvalue weighted by molar-refractivity contribution is 5.83. The third-order valence-electron chi connectivity index (χ3n) is 2.74. The fraction of sp³-hybridized carbons (Fsp3) is 0.750. The van der Waals surface area contributed by atoms with Gasteiger partial charge >= 0.3 is 5.97 Å². The minimum absolute atomic E-state index is 0.0566. The lowest BCUT2D eigenvalue weighted by Gasteiger charge is -2.13. The molecule has 9 heteroatoms. The SMILES string of the molecule is CC(NC(=O)CCCNC(=O)CCC(N)C(O)O)C(=O)O. The number of aliphatic carboxylic acids is 1. The van der Waals surface area contributed by atoms with Crippen LogP contribution in [0.4, 0.5) is 0 Å². The highest BCUT2D eigenvalue weighted by atomic mass is 16.5. The smallest absolute Gasteiger partial charge is 0.325 e. The van der Waals surface area contributed by atoms with Crippen LogP contribution in [0.2, 0.25) is 0 Å². The molecule has 0 aliphatic carbocycles. The summed E-state index contributed by atoms with van der Waals surface area (Å²) in [7, 11) is 0. The van der Waals surface area contributed by atoms with Gasteiger partial charge in [-0.15, -0.1) is 0 Å². The molecule has 2 unspecified atom stereocenters. The van der Waals surface area contributed by atoms with Crippen LogP contribution < -0.4 is 16.4 Å². The van der Waals surface area contributed by atoms with Crippen molar-refractivity contribution in [3.8, 4) is 0 Å². The lowest BCUT2D eigenvalue weighted by molar-refractivity contribution is -0.141. The van der Waals surface area contributed by atoms with Gasteiger partial charge in [0.1, 0.15) is 6.04 Å². The maximum atomic E-state index is 11.4. The van der Waals surface area contributed by atoms with Gasteiger partial charge in [0, 0.05) is 19.4 Å². The number of carbonyl (C=O) groups is 3. The molecule has 0 aromatic rings. The van der Waals surface area contributed by atoms with Crippen molar-refractivity contribution in [1.29, 1.82) is 0 Å². The van der Waals surface area contributed by atoms with Crippen molar-refractivity contribution in [2.75, 3.05) is 6.54 Å². The molecule has 0 rings (SSSR count). The molecule has 0 aromatic heterocycles. The molecule has 0 fully saturated rings. The van der Waals surface area contributed by atoms with Gasteiger partial charge < -0.3 is 31.7 Å². The zero-order valence-corrected chi connectivity index (χ0v) is 11.9. The Morgan fingerprint density at radius 2 is 1.76 bits per heavy atom. The summed E-state index contributed by atoms with van der Waals surface area (Å²) in [6.45, 7) is 1.63. The van der Waals surface area contributed by atoms with E-state index in [4.69, 9.17) is 21.1 Å². The third kappa shape index (κ3) is 9.77. The number of carboxylic acids is 1. The molecule has 9 nitrogen and oxygen atoms in total. The van der Waals surface area contributed by atoms with E-state index in [-0.39, 0.29) is 31.7 Å². The van der Waals surface area contributed by atoms with E-state index < -0.39 is 30.3 Å². The second kappa shape index (κ2) is 10.1. The van der Waals surface area contributed by atoms with E-state index in [1.54, 1.807) is 0 Å². The molecule has 21 heavy (non-hydrogen) atoms. The summed E-state index contributed by atoms with van der Waals surface area (Å²) < 4.78 is 0. The van der Waals surface area contributed by atoms with Crippen molar-refractivity contribution in [2.24, 2.45) is 5.73 Å². The first-order valence-electron chi connectivity index (χ1n) is 6.64. The fourth-order valence-corrected chi connectivity index (χ4v) is 1.39. The van der Waals surface area contributed by atoms with Crippen LogP contribution in [0.5, 0.6) is 0 Å². The molecule has 0 saturated heterocycles. The summed E-state index contributed by atoms with van der Waals surface area (Å²) in [4.78, 5) is 33.2. The van der Waals surface area contributed by atoms with E-state index in [1.165, 1.54) is 6.92 Å². The van der Waals surface area contributed by atoms with Gasteiger partial charge in [0.05, 0.1) is 6.04 Å². The maximum absolute atomic E-state index is 11.4. The van der Waals surface area contributed by atoms with Crippen molar-refractivity contribution < 1.29 is 29.7 Å². The van der Waals surface area contributed by atoms with Crippen molar-refractivity contribution >= 4 is 17.8 Å². The van der Waals surface area contributed by atoms with Crippen LogP contribution in [0.1, 0.15) is 32.6 Å². The molecule has 0 bridgehead atoms. The van der Waals surface area contributed by atoms with Crippen molar-refractivity contribution in [3.05, 3.63) is 0 Å². The highest BCUT2D eigenvalue weighted by Gasteiger charge is 2.14. The van der Waals surface area contributed by atoms with Crippen LogP contribution >= 0.6 is 0 Å². The van der Waals surface area contributed by atoms with E-state index in [1.807, 2.05) is 0 Å². The van der Waals surface area contributed by atoms with Gasteiger partial charge in [0.2, 0.25) is 11.8 Å². The molecule has 2 atom stereocenters. The fourth-order valence-electron chi connectivity index (χ4n) is 1.39. The first-order chi connectivity index (χ1) is 9.73. The van der Waals surface area contributed by atoms with Crippen molar-refractivity contribution in [1.82, 2.24) is 10.6 Å². The van der Waals surface area contributed by atoms with E-state index in [0.29, 0.717) is 6.42 Å². The normalized spacial score (nSPS) is 13.6. The first-order valence-corrected chi connectivity index (χ1v) is 6.64. The van der Waals surface area contributed by atoms with Crippen LogP contribution in [0, 0.1) is 0 Å². The Hall–Kier alpha value is -1.71. The third-order valence-corrected chi connectivity index (χ3v) is 2.74. The second-order valence-electron chi connectivity index (χ2n) is 4.70. The largest absolute Gasteiger partial charge is 0.480 e. The number of amides is 2. The Morgan fingerprint density at radius 3 is 2.29 bits per heavy atom. The Balaban J connectivity index is 3.68. The first kappa shape index (κ1) is 19.3. The molecule has 0 heterocycles. The predicted octanol–water partition coefficient (Wildman–Crippen LogP) is -2.11. The Bertz CT molecular complexity index is 361. The molecule has 0 aliphatic rings. The molecule has 7 N–H and O–H groups in total. The summed E-state index contributed by atoms with van der Waals surface area (Å²) in [5.74, 6) is -1.81. The number of hydrogen-bond donors (Lipinski definition) is 6. The highest BCUT2D eigenvalue weighted by Crippen LogP contribution is 1.98. The number of nitrogens with one attached hydrogen (secondary N) is 2. The lowest BCUT2D eigenvalue weighted by Crippen LogP contribution is -2.38. The van der Waals surface area contributed by atoms with Gasteiger partial charge in [-0.05, 0) is 19.8 Å². The quantitative estimate of drug-likeness (QED) is 0.199. The van der Waals surface area contributed by atoms with Crippen LogP contribution in [0.15, 0.2) is 0 Å². The standard InChI is InChI=1S/C12H23N3O6/c1-7(11(18)19)15-10(17)3-2-6-14-9(16)5-4-8(13)12(20)21/h7-8,12,20-21H,2-6,13H2,1H3,(H,14,16)(H,15,17)(H,18,19).